The molecule has 0 saturated heterocycles. The van der Waals surface area contributed by atoms with Crippen molar-refractivity contribution in [2.24, 2.45) is 4.99 Å². The second-order valence-corrected chi connectivity index (χ2v) is 6.99. The third-order valence-corrected chi connectivity index (χ3v) is 4.72. The van der Waals surface area contributed by atoms with E-state index in [1.165, 1.54) is 30.3 Å². The Kier molecular flexibility index (Phi) is 5.78. The van der Waals surface area contributed by atoms with Gasteiger partial charge < -0.3 is 9.47 Å². The highest BCUT2D eigenvalue weighted by Gasteiger charge is 2.25. The monoisotopic (exact) mass is 448 g/mol. The van der Waals surface area contributed by atoms with Gasteiger partial charge in [0.2, 0.25) is 5.90 Å². The minimum Gasteiger partial charge on any atom is -0.423 e. The van der Waals surface area contributed by atoms with Gasteiger partial charge in [-0.05, 0) is 42.0 Å². The summed E-state index contributed by atoms with van der Waals surface area (Å²) in [5, 5.41) is 11.3. The van der Waals surface area contributed by atoms with Crippen molar-refractivity contribution < 1.29 is 24.0 Å². The molecule has 3 aromatic carbocycles. The predicted octanol–water partition coefficient (Wildman–Crippen LogP) is 4.81. The van der Waals surface area contributed by atoms with Crippen LogP contribution in [-0.4, -0.2) is 22.8 Å². The molecule has 3 aromatic rings. The maximum Gasteiger partial charge on any atom is 0.363 e. The number of hydrogen-bond acceptors (Lipinski definition) is 7. The fraction of sp³-hybridized carbons (Fsp3) is 0. The molecular weight excluding hydrogens is 436 g/mol. The molecule has 1 aliphatic heterocycles. The third kappa shape index (κ3) is 4.55. The first-order valence-electron chi connectivity index (χ1n) is 9.25. The van der Waals surface area contributed by atoms with E-state index < -0.39 is 16.9 Å². The molecule has 1 aliphatic rings. The van der Waals surface area contributed by atoms with E-state index in [9.17, 15) is 19.7 Å². The number of ether oxygens (including phenoxy) is 2. The quantitative estimate of drug-likeness (QED) is 0.182. The summed E-state index contributed by atoms with van der Waals surface area (Å²) in [5.74, 6) is -1.10. The van der Waals surface area contributed by atoms with E-state index in [1.54, 1.807) is 42.5 Å². The van der Waals surface area contributed by atoms with Crippen LogP contribution >= 0.6 is 11.6 Å². The van der Waals surface area contributed by atoms with Crippen LogP contribution in [0.3, 0.4) is 0 Å². The summed E-state index contributed by atoms with van der Waals surface area (Å²) < 4.78 is 10.5. The Labute approximate surface area is 186 Å². The number of nitrogens with zero attached hydrogens (tertiary/aromatic N) is 2. The third-order valence-electron chi connectivity index (χ3n) is 4.39. The number of aliphatic imine (C=N–C) groups is 1. The number of halogens is 1. The molecule has 0 spiro atoms. The molecule has 0 N–H and O–H groups in total. The molecular formula is C23H13ClN2O6. The second-order valence-electron chi connectivity index (χ2n) is 6.59. The van der Waals surface area contributed by atoms with E-state index in [-0.39, 0.29) is 28.6 Å². The molecule has 0 unspecified atom stereocenters. The average molecular weight is 449 g/mol. The van der Waals surface area contributed by atoms with Gasteiger partial charge in [0.25, 0.3) is 5.69 Å². The van der Waals surface area contributed by atoms with Crippen LogP contribution in [0.15, 0.2) is 83.5 Å². The number of hydrogen-bond donors (Lipinski definition) is 0. The van der Waals surface area contributed by atoms with Crippen LogP contribution in [0.5, 0.6) is 5.75 Å². The van der Waals surface area contributed by atoms with Gasteiger partial charge in [-0.25, -0.2) is 14.6 Å². The van der Waals surface area contributed by atoms with Gasteiger partial charge in [-0.2, -0.15) is 0 Å². The summed E-state index contributed by atoms with van der Waals surface area (Å²) in [4.78, 5) is 39.1. The maximum atomic E-state index is 12.4. The van der Waals surface area contributed by atoms with Crippen LogP contribution < -0.4 is 4.74 Å². The molecule has 32 heavy (non-hydrogen) atoms. The first-order chi connectivity index (χ1) is 15.4. The zero-order valence-corrected chi connectivity index (χ0v) is 17.0. The molecule has 0 amide bonds. The van der Waals surface area contributed by atoms with Crippen molar-refractivity contribution in [3.8, 4) is 5.75 Å². The zero-order chi connectivity index (χ0) is 22.7. The van der Waals surface area contributed by atoms with Crippen LogP contribution in [0.25, 0.3) is 6.08 Å². The number of nitro groups is 1. The number of nitro benzene ring substituents is 1. The summed E-state index contributed by atoms with van der Waals surface area (Å²) in [6.07, 6.45) is 1.48. The normalized spacial score (nSPS) is 14.1. The molecule has 1 heterocycles. The van der Waals surface area contributed by atoms with Crippen LogP contribution in [0.1, 0.15) is 21.5 Å². The molecule has 0 fully saturated rings. The van der Waals surface area contributed by atoms with Crippen LogP contribution in [0, 0.1) is 10.1 Å². The molecule has 0 atom stereocenters. The maximum absolute atomic E-state index is 12.4. The van der Waals surface area contributed by atoms with Gasteiger partial charge in [0.1, 0.15) is 5.75 Å². The van der Waals surface area contributed by atoms with Gasteiger partial charge in [0, 0.05) is 12.1 Å². The Morgan fingerprint density at radius 1 is 1.06 bits per heavy atom. The average Bonchev–Trinajstić information content (AvgIpc) is 3.14. The standard InChI is InChI=1S/C23H13ClN2O6/c24-19-10-2-1-9-18(19)21-25-20(23(28)32-21)12-14-5-3-8-17(11-14)31-22(27)15-6-4-7-16(13-15)26(29)30/h1-13H/b20-12-. The molecule has 9 heteroatoms. The summed E-state index contributed by atoms with van der Waals surface area (Å²) >= 11 is 6.13. The summed E-state index contributed by atoms with van der Waals surface area (Å²) in [5.41, 5.74) is 0.902. The highest BCUT2D eigenvalue weighted by Crippen LogP contribution is 2.25. The van der Waals surface area contributed by atoms with Crippen molar-refractivity contribution in [1.82, 2.24) is 0 Å². The number of carbonyl (C=O) groups is 2. The van der Waals surface area contributed by atoms with Crippen molar-refractivity contribution in [2.45, 2.75) is 0 Å². The fourth-order valence-electron chi connectivity index (χ4n) is 2.90. The van der Waals surface area contributed by atoms with Gasteiger partial charge in [-0.1, -0.05) is 41.9 Å². The topological polar surface area (TPSA) is 108 Å². The lowest BCUT2D eigenvalue weighted by Crippen LogP contribution is -2.08. The molecule has 0 saturated carbocycles. The van der Waals surface area contributed by atoms with Gasteiger partial charge >= 0.3 is 11.9 Å². The molecule has 158 valence electrons. The summed E-state index contributed by atoms with van der Waals surface area (Å²) in [7, 11) is 0. The molecule has 0 radical (unpaired) electrons. The lowest BCUT2D eigenvalue weighted by Gasteiger charge is -2.05. The smallest absolute Gasteiger partial charge is 0.363 e. The molecule has 0 bridgehead atoms. The number of cyclic esters (lactones) is 1. The SMILES string of the molecule is O=C1OC(c2ccccc2Cl)=N/C1=C\c1cccc(OC(=O)c2cccc([N+](=O)[O-])c2)c1. The second kappa shape index (κ2) is 8.83. The lowest BCUT2D eigenvalue weighted by atomic mass is 10.1. The Balaban J connectivity index is 1.55. The fourth-order valence-corrected chi connectivity index (χ4v) is 3.11. The van der Waals surface area contributed by atoms with Crippen LogP contribution in [0.2, 0.25) is 5.02 Å². The van der Waals surface area contributed by atoms with E-state index in [2.05, 4.69) is 4.99 Å². The Hall–Kier alpha value is -4.30. The molecule has 0 aromatic heterocycles. The van der Waals surface area contributed by atoms with Crippen molar-refractivity contribution in [3.63, 3.8) is 0 Å². The van der Waals surface area contributed by atoms with Gasteiger partial charge in [-0.15, -0.1) is 0 Å². The molecule has 0 aliphatic carbocycles. The van der Waals surface area contributed by atoms with Gasteiger partial charge in [-0.3, -0.25) is 10.1 Å². The number of benzene rings is 3. The van der Waals surface area contributed by atoms with Gasteiger partial charge in [0.05, 0.1) is 21.1 Å². The van der Waals surface area contributed by atoms with Crippen molar-refractivity contribution in [2.75, 3.05) is 0 Å². The highest BCUT2D eigenvalue weighted by molar-refractivity contribution is 6.34. The van der Waals surface area contributed by atoms with E-state index in [4.69, 9.17) is 21.1 Å². The summed E-state index contributed by atoms with van der Waals surface area (Å²) in [6, 6.07) is 18.5. The van der Waals surface area contributed by atoms with E-state index in [0.717, 1.165) is 6.07 Å². The van der Waals surface area contributed by atoms with E-state index in [1.807, 2.05) is 0 Å². The Bertz CT molecular complexity index is 1320. The largest absolute Gasteiger partial charge is 0.423 e. The zero-order valence-electron chi connectivity index (χ0n) is 16.2. The number of carbonyl (C=O) groups excluding carboxylic acids is 2. The van der Waals surface area contributed by atoms with Crippen LogP contribution in [-0.2, 0) is 9.53 Å². The van der Waals surface area contributed by atoms with Gasteiger partial charge in [0.15, 0.2) is 5.70 Å². The van der Waals surface area contributed by atoms with Crippen molar-refractivity contribution in [3.05, 3.63) is 110 Å². The summed E-state index contributed by atoms with van der Waals surface area (Å²) in [6.45, 7) is 0. The van der Waals surface area contributed by atoms with Crippen molar-refractivity contribution in [1.29, 1.82) is 0 Å². The van der Waals surface area contributed by atoms with Crippen LogP contribution in [0.4, 0.5) is 5.69 Å². The number of rotatable bonds is 5. The first kappa shape index (κ1) is 21.0. The van der Waals surface area contributed by atoms with E-state index in [0.29, 0.717) is 16.1 Å². The minimum atomic E-state index is -0.752. The predicted molar refractivity (Wildman–Crippen MR) is 117 cm³/mol. The Morgan fingerprint density at radius 2 is 1.84 bits per heavy atom. The molecule has 8 nitrogen and oxygen atoms in total. The number of esters is 2. The minimum absolute atomic E-state index is 0.0382. The highest BCUT2D eigenvalue weighted by atomic mass is 35.5. The van der Waals surface area contributed by atoms with E-state index >= 15 is 0 Å². The Morgan fingerprint density at radius 3 is 2.62 bits per heavy atom. The molecule has 4 rings (SSSR count). The van der Waals surface area contributed by atoms with Crippen molar-refractivity contribution >= 4 is 41.2 Å². The first-order valence-corrected chi connectivity index (χ1v) is 9.63. The lowest BCUT2D eigenvalue weighted by molar-refractivity contribution is -0.384. The number of non-ortho nitro benzene ring substituents is 1.